The molecule has 6 atom stereocenters. The zero-order valence-electron chi connectivity index (χ0n) is 18.1. The second kappa shape index (κ2) is 9.92. The molecule has 3 rings (SSSR count). The van der Waals surface area contributed by atoms with Gasteiger partial charge in [0.1, 0.15) is 0 Å². The van der Waals surface area contributed by atoms with Crippen molar-refractivity contribution in [2.24, 2.45) is 23.7 Å². The molecule has 2 N–H and O–H groups in total. The van der Waals surface area contributed by atoms with E-state index in [2.05, 4.69) is 38.3 Å². The van der Waals surface area contributed by atoms with E-state index in [-0.39, 0.29) is 0 Å². The molecule has 26 heavy (non-hydrogen) atoms. The number of nitrogens with one attached hydrogen (secondary N) is 2. The minimum atomic E-state index is 0.711. The molecule has 0 aromatic heterocycles. The van der Waals surface area contributed by atoms with Crippen molar-refractivity contribution < 1.29 is 0 Å². The highest BCUT2D eigenvalue weighted by atomic mass is 15.1. The standard InChI is InChI=1S/C24H46N2/c1-17(2)19-11-5-7-13-21(19)25-23-15-9-10-16-24(23)26-22-14-8-6-12-20(22)18(3)4/h17-26H,5-16H2,1-4H3. The molecule has 2 heteroatoms. The fourth-order valence-corrected chi connectivity index (χ4v) is 6.41. The van der Waals surface area contributed by atoms with E-state index in [1.807, 2.05) is 0 Å². The van der Waals surface area contributed by atoms with E-state index in [0.29, 0.717) is 12.1 Å². The monoisotopic (exact) mass is 362 g/mol. The Kier molecular flexibility index (Phi) is 7.88. The van der Waals surface area contributed by atoms with E-state index >= 15 is 0 Å². The number of hydrogen-bond acceptors (Lipinski definition) is 2. The van der Waals surface area contributed by atoms with Crippen LogP contribution in [0.1, 0.15) is 105 Å². The first-order valence-electron chi connectivity index (χ1n) is 12.1. The second-order valence-electron chi connectivity index (χ2n) is 10.4. The van der Waals surface area contributed by atoms with Crippen LogP contribution in [0.2, 0.25) is 0 Å². The average Bonchev–Trinajstić information content (AvgIpc) is 2.64. The highest BCUT2D eigenvalue weighted by Crippen LogP contribution is 2.34. The Balaban J connectivity index is 1.62. The topological polar surface area (TPSA) is 24.1 Å². The van der Waals surface area contributed by atoms with Crippen molar-refractivity contribution in [2.45, 2.75) is 129 Å². The zero-order chi connectivity index (χ0) is 18.5. The van der Waals surface area contributed by atoms with Crippen LogP contribution in [0.4, 0.5) is 0 Å². The Morgan fingerprint density at radius 2 is 0.769 bits per heavy atom. The Morgan fingerprint density at radius 1 is 0.462 bits per heavy atom. The first-order chi connectivity index (χ1) is 12.6. The summed E-state index contributed by atoms with van der Waals surface area (Å²) in [4.78, 5) is 0. The smallest absolute Gasteiger partial charge is 0.0224 e. The maximum Gasteiger partial charge on any atom is 0.0224 e. The maximum absolute atomic E-state index is 4.21. The van der Waals surface area contributed by atoms with E-state index in [1.54, 1.807) is 0 Å². The highest BCUT2D eigenvalue weighted by Gasteiger charge is 2.35. The summed E-state index contributed by atoms with van der Waals surface area (Å²) >= 11 is 0. The van der Waals surface area contributed by atoms with Gasteiger partial charge in [-0.1, -0.05) is 66.2 Å². The molecule has 3 aliphatic carbocycles. The predicted molar refractivity (Wildman–Crippen MR) is 113 cm³/mol. The summed E-state index contributed by atoms with van der Waals surface area (Å²) in [5, 5.41) is 8.42. The van der Waals surface area contributed by atoms with Gasteiger partial charge in [0, 0.05) is 24.2 Å². The fraction of sp³-hybridized carbons (Fsp3) is 1.00. The van der Waals surface area contributed by atoms with Gasteiger partial charge in [-0.3, -0.25) is 0 Å². The molecule has 0 bridgehead atoms. The van der Waals surface area contributed by atoms with Crippen LogP contribution in [0.3, 0.4) is 0 Å². The lowest BCUT2D eigenvalue weighted by molar-refractivity contribution is 0.137. The van der Waals surface area contributed by atoms with Gasteiger partial charge in [-0.2, -0.15) is 0 Å². The maximum atomic E-state index is 4.21. The van der Waals surface area contributed by atoms with Crippen LogP contribution in [-0.4, -0.2) is 24.2 Å². The number of hydrogen-bond donors (Lipinski definition) is 2. The van der Waals surface area contributed by atoms with Crippen LogP contribution in [0.5, 0.6) is 0 Å². The van der Waals surface area contributed by atoms with E-state index in [9.17, 15) is 0 Å². The highest BCUT2D eigenvalue weighted by molar-refractivity contribution is 4.95. The minimum Gasteiger partial charge on any atom is -0.309 e. The Morgan fingerprint density at radius 3 is 1.12 bits per heavy atom. The average molecular weight is 363 g/mol. The van der Waals surface area contributed by atoms with Gasteiger partial charge in [-0.25, -0.2) is 0 Å². The van der Waals surface area contributed by atoms with Crippen molar-refractivity contribution in [2.75, 3.05) is 0 Å². The third-order valence-corrected chi connectivity index (χ3v) is 7.97. The van der Waals surface area contributed by atoms with Crippen LogP contribution in [0.25, 0.3) is 0 Å². The molecule has 0 heterocycles. The van der Waals surface area contributed by atoms with E-state index in [1.165, 1.54) is 77.0 Å². The summed E-state index contributed by atoms with van der Waals surface area (Å²) < 4.78 is 0. The fourth-order valence-electron chi connectivity index (χ4n) is 6.41. The molecule has 3 saturated carbocycles. The largest absolute Gasteiger partial charge is 0.309 e. The van der Waals surface area contributed by atoms with Crippen molar-refractivity contribution in [3.05, 3.63) is 0 Å². The van der Waals surface area contributed by atoms with Crippen molar-refractivity contribution in [1.29, 1.82) is 0 Å². The lowest BCUT2D eigenvalue weighted by Crippen LogP contribution is -2.58. The van der Waals surface area contributed by atoms with Gasteiger partial charge in [0.2, 0.25) is 0 Å². The lowest BCUT2D eigenvalue weighted by Gasteiger charge is -2.44. The summed E-state index contributed by atoms with van der Waals surface area (Å²) in [6.07, 6.45) is 17.1. The van der Waals surface area contributed by atoms with Crippen LogP contribution in [0, 0.1) is 23.7 Å². The SMILES string of the molecule is CC(C)C1CCCCC1NC1CCCCC1NC1CCCCC1C(C)C. The Bertz CT molecular complexity index is 367. The molecule has 3 fully saturated rings. The summed E-state index contributed by atoms with van der Waals surface area (Å²) in [5.74, 6) is 3.44. The predicted octanol–water partition coefficient (Wildman–Crippen LogP) is 5.91. The molecule has 152 valence electrons. The van der Waals surface area contributed by atoms with Gasteiger partial charge in [-0.05, 0) is 62.2 Å². The number of rotatable bonds is 6. The summed E-state index contributed by atoms with van der Waals surface area (Å²) in [5.41, 5.74) is 0. The lowest BCUT2D eigenvalue weighted by atomic mass is 9.75. The summed E-state index contributed by atoms with van der Waals surface area (Å²) in [6.45, 7) is 9.76. The molecule has 0 aromatic rings. The quantitative estimate of drug-likeness (QED) is 0.614. The molecule has 6 unspecified atom stereocenters. The van der Waals surface area contributed by atoms with Gasteiger partial charge in [0.15, 0.2) is 0 Å². The van der Waals surface area contributed by atoms with Crippen molar-refractivity contribution in [3.63, 3.8) is 0 Å². The minimum absolute atomic E-state index is 0.711. The van der Waals surface area contributed by atoms with Crippen LogP contribution < -0.4 is 10.6 Å². The molecular formula is C24H46N2. The third kappa shape index (κ3) is 5.25. The van der Waals surface area contributed by atoms with Crippen LogP contribution >= 0.6 is 0 Å². The molecule has 0 spiro atoms. The van der Waals surface area contributed by atoms with Gasteiger partial charge in [0.05, 0.1) is 0 Å². The molecule has 0 aliphatic heterocycles. The Labute approximate surface area is 163 Å². The van der Waals surface area contributed by atoms with Gasteiger partial charge >= 0.3 is 0 Å². The Hall–Kier alpha value is -0.0800. The molecule has 0 amide bonds. The van der Waals surface area contributed by atoms with E-state index < -0.39 is 0 Å². The van der Waals surface area contributed by atoms with Crippen LogP contribution in [0.15, 0.2) is 0 Å². The van der Waals surface area contributed by atoms with Gasteiger partial charge in [-0.15, -0.1) is 0 Å². The van der Waals surface area contributed by atoms with Crippen molar-refractivity contribution in [3.8, 4) is 0 Å². The van der Waals surface area contributed by atoms with Crippen molar-refractivity contribution >= 4 is 0 Å². The third-order valence-electron chi connectivity index (χ3n) is 7.97. The second-order valence-corrected chi connectivity index (χ2v) is 10.4. The van der Waals surface area contributed by atoms with Gasteiger partial charge < -0.3 is 10.6 Å². The molecular weight excluding hydrogens is 316 g/mol. The van der Waals surface area contributed by atoms with E-state index in [4.69, 9.17) is 0 Å². The molecule has 0 radical (unpaired) electrons. The normalized spacial score (nSPS) is 39.5. The molecule has 3 aliphatic rings. The zero-order valence-corrected chi connectivity index (χ0v) is 18.1. The van der Waals surface area contributed by atoms with Crippen molar-refractivity contribution in [1.82, 2.24) is 10.6 Å². The van der Waals surface area contributed by atoms with Gasteiger partial charge in [0.25, 0.3) is 0 Å². The first kappa shape index (κ1) is 20.6. The molecule has 0 saturated heterocycles. The summed E-state index contributed by atoms with van der Waals surface area (Å²) in [6, 6.07) is 2.96. The molecule has 0 aromatic carbocycles. The summed E-state index contributed by atoms with van der Waals surface area (Å²) in [7, 11) is 0. The van der Waals surface area contributed by atoms with E-state index in [0.717, 1.165) is 35.8 Å². The van der Waals surface area contributed by atoms with Crippen LogP contribution in [-0.2, 0) is 0 Å². The first-order valence-corrected chi connectivity index (χ1v) is 12.1. The molecule has 2 nitrogen and oxygen atoms in total.